The summed E-state index contributed by atoms with van der Waals surface area (Å²) in [6, 6.07) is 5.48. The Balaban J connectivity index is 1.59. The van der Waals surface area contributed by atoms with E-state index in [0.717, 1.165) is 31.5 Å². The van der Waals surface area contributed by atoms with E-state index in [9.17, 15) is 15.0 Å². The molecule has 6 heteroatoms. The van der Waals surface area contributed by atoms with Crippen LogP contribution in [0.4, 0.5) is 0 Å². The lowest BCUT2D eigenvalue weighted by atomic mass is 10.1. The van der Waals surface area contributed by atoms with E-state index in [-0.39, 0.29) is 5.91 Å². The van der Waals surface area contributed by atoms with Crippen LogP contribution in [0.3, 0.4) is 0 Å². The molecular formula is C24H31Cl2NO3. The van der Waals surface area contributed by atoms with E-state index in [1.54, 1.807) is 36.4 Å². The molecule has 1 heterocycles. The Morgan fingerprint density at radius 1 is 0.967 bits per heavy atom. The highest BCUT2D eigenvalue weighted by atomic mass is 35.5. The topological polar surface area (TPSA) is 60.8 Å². The van der Waals surface area contributed by atoms with Gasteiger partial charge in [-0.3, -0.25) is 4.79 Å². The van der Waals surface area contributed by atoms with Crippen LogP contribution in [0.2, 0.25) is 10.0 Å². The molecule has 0 aliphatic carbocycles. The summed E-state index contributed by atoms with van der Waals surface area (Å²) in [5.74, 6) is 0.200. The maximum Gasteiger partial charge on any atom is 0.222 e. The molecule has 2 rings (SSSR count). The van der Waals surface area contributed by atoms with Crippen LogP contribution in [0, 0.1) is 0 Å². The van der Waals surface area contributed by atoms with Gasteiger partial charge in [0.05, 0.1) is 22.3 Å². The quantitative estimate of drug-likeness (QED) is 0.459. The van der Waals surface area contributed by atoms with Gasteiger partial charge in [-0.05, 0) is 56.2 Å². The SMILES string of the molecule is O=C(CCCC(O)/C=C/C=C/C=C/C(O)CCc1ccc(Cl)c(Cl)c1)N1CCCC1. The number of hydrogen-bond donors (Lipinski definition) is 2. The van der Waals surface area contributed by atoms with Gasteiger partial charge >= 0.3 is 0 Å². The van der Waals surface area contributed by atoms with Crippen molar-refractivity contribution in [3.8, 4) is 0 Å². The van der Waals surface area contributed by atoms with Gasteiger partial charge in [0.1, 0.15) is 0 Å². The number of nitrogens with zero attached hydrogens (tertiary/aromatic N) is 1. The Hall–Kier alpha value is -1.59. The summed E-state index contributed by atoms with van der Waals surface area (Å²) in [7, 11) is 0. The highest BCUT2D eigenvalue weighted by molar-refractivity contribution is 6.42. The molecule has 30 heavy (non-hydrogen) atoms. The molecule has 0 aromatic heterocycles. The molecule has 0 bridgehead atoms. The van der Waals surface area contributed by atoms with E-state index in [0.29, 0.717) is 42.1 Å². The van der Waals surface area contributed by atoms with Crippen LogP contribution >= 0.6 is 23.2 Å². The molecule has 164 valence electrons. The summed E-state index contributed by atoms with van der Waals surface area (Å²) in [6.45, 7) is 1.76. The number of allylic oxidation sites excluding steroid dienone is 4. The number of aliphatic hydroxyl groups excluding tert-OH is 2. The van der Waals surface area contributed by atoms with Gasteiger partial charge in [-0.2, -0.15) is 0 Å². The fourth-order valence-corrected chi connectivity index (χ4v) is 3.62. The van der Waals surface area contributed by atoms with Crippen LogP contribution in [0.5, 0.6) is 0 Å². The number of carbonyl (C=O) groups excluding carboxylic acids is 1. The second kappa shape index (κ2) is 13.7. The van der Waals surface area contributed by atoms with Crippen molar-refractivity contribution in [2.45, 2.75) is 57.2 Å². The lowest BCUT2D eigenvalue weighted by molar-refractivity contribution is -0.130. The molecule has 1 aliphatic heterocycles. The van der Waals surface area contributed by atoms with Crippen LogP contribution in [0.1, 0.15) is 44.1 Å². The van der Waals surface area contributed by atoms with Crippen LogP contribution in [0.15, 0.2) is 54.7 Å². The molecule has 0 saturated carbocycles. The third-order valence-electron chi connectivity index (χ3n) is 5.06. The molecule has 0 spiro atoms. The number of amides is 1. The van der Waals surface area contributed by atoms with Crippen LogP contribution < -0.4 is 0 Å². The zero-order chi connectivity index (χ0) is 21.8. The normalized spacial score (nSPS) is 16.9. The van der Waals surface area contributed by atoms with Gasteiger partial charge in [0.15, 0.2) is 0 Å². The van der Waals surface area contributed by atoms with Crippen LogP contribution in [0.25, 0.3) is 0 Å². The highest BCUT2D eigenvalue weighted by Gasteiger charge is 2.17. The largest absolute Gasteiger partial charge is 0.389 e. The minimum Gasteiger partial charge on any atom is -0.389 e. The second-order valence-electron chi connectivity index (χ2n) is 7.56. The molecule has 0 radical (unpaired) electrons. The number of aliphatic hydroxyl groups is 2. The molecule has 1 saturated heterocycles. The maximum atomic E-state index is 11.9. The highest BCUT2D eigenvalue weighted by Crippen LogP contribution is 2.23. The fraction of sp³-hybridized carbons (Fsp3) is 0.458. The van der Waals surface area contributed by atoms with E-state index in [1.807, 2.05) is 23.1 Å². The standard InChI is InChI=1S/C24H31Cl2NO3/c25-22-15-13-19(18-23(22)26)12-14-21(29)9-4-2-1-3-8-20(28)10-7-11-24(30)27-16-5-6-17-27/h1-4,8-9,13,15,18,20-21,28-29H,5-7,10-12,14,16-17H2/b2-1+,8-3+,9-4+. The van der Waals surface area contributed by atoms with Gasteiger partial charge in [0.25, 0.3) is 0 Å². The summed E-state index contributed by atoms with van der Waals surface area (Å²) in [5, 5.41) is 21.0. The van der Waals surface area contributed by atoms with Crippen molar-refractivity contribution in [1.29, 1.82) is 0 Å². The molecule has 4 nitrogen and oxygen atoms in total. The summed E-state index contributed by atoms with van der Waals surface area (Å²) in [4.78, 5) is 13.9. The monoisotopic (exact) mass is 451 g/mol. The minimum atomic E-state index is -0.554. The van der Waals surface area contributed by atoms with E-state index < -0.39 is 12.2 Å². The maximum absolute atomic E-state index is 11.9. The zero-order valence-electron chi connectivity index (χ0n) is 17.2. The summed E-state index contributed by atoms with van der Waals surface area (Å²) >= 11 is 11.9. The van der Waals surface area contributed by atoms with Crippen molar-refractivity contribution >= 4 is 29.1 Å². The van der Waals surface area contributed by atoms with Crippen LogP contribution in [-0.2, 0) is 11.2 Å². The van der Waals surface area contributed by atoms with Crippen molar-refractivity contribution in [2.75, 3.05) is 13.1 Å². The first-order valence-corrected chi connectivity index (χ1v) is 11.3. The number of hydrogen-bond acceptors (Lipinski definition) is 3. The molecular weight excluding hydrogens is 421 g/mol. The molecule has 1 aromatic rings. The van der Waals surface area contributed by atoms with Gasteiger partial charge in [0.2, 0.25) is 5.91 Å². The molecule has 1 aliphatic rings. The Labute approximate surface area is 189 Å². The van der Waals surface area contributed by atoms with Crippen molar-refractivity contribution in [1.82, 2.24) is 4.90 Å². The van der Waals surface area contributed by atoms with Crippen molar-refractivity contribution < 1.29 is 15.0 Å². The van der Waals surface area contributed by atoms with Gasteiger partial charge < -0.3 is 15.1 Å². The number of rotatable bonds is 11. The number of halogens is 2. The molecule has 2 unspecified atom stereocenters. The Morgan fingerprint density at radius 3 is 2.23 bits per heavy atom. The summed E-state index contributed by atoms with van der Waals surface area (Å²) < 4.78 is 0. The van der Waals surface area contributed by atoms with Gasteiger partial charge in [0, 0.05) is 19.5 Å². The smallest absolute Gasteiger partial charge is 0.222 e. The first-order valence-electron chi connectivity index (χ1n) is 10.5. The third kappa shape index (κ3) is 9.48. The van der Waals surface area contributed by atoms with E-state index >= 15 is 0 Å². The third-order valence-corrected chi connectivity index (χ3v) is 5.80. The molecule has 2 atom stereocenters. The minimum absolute atomic E-state index is 0.200. The number of likely N-dealkylation sites (tertiary alicyclic amines) is 1. The molecule has 1 aromatic carbocycles. The molecule has 1 fully saturated rings. The Morgan fingerprint density at radius 2 is 1.60 bits per heavy atom. The average molecular weight is 452 g/mol. The van der Waals surface area contributed by atoms with Gasteiger partial charge in [-0.1, -0.05) is 65.7 Å². The lowest BCUT2D eigenvalue weighted by Crippen LogP contribution is -2.27. The first kappa shape index (κ1) is 24.7. The second-order valence-corrected chi connectivity index (χ2v) is 8.37. The van der Waals surface area contributed by atoms with Gasteiger partial charge in [-0.25, -0.2) is 0 Å². The predicted octanol–water partition coefficient (Wildman–Crippen LogP) is 5.11. The van der Waals surface area contributed by atoms with Crippen molar-refractivity contribution in [3.05, 3.63) is 70.3 Å². The fourth-order valence-electron chi connectivity index (χ4n) is 3.30. The Kier molecular flexibility index (Phi) is 11.2. The van der Waals surface area contributed by atoms with Crippen molar-refractivity contribution in [3.63, 3.8) is 0 Å². The van der Waals surface area contributed by atoms with Gasteiger partial charge in [-0.15, -0.1) is 0 Å². The zero-order valence-corrected chi connectivity index (χ0v) is 18.7. The predicted molar refractivity (Wildman–Crippen MR) is 124 cm³/mol. The molecule has 1 amide bonds. The summed E-state index contributed by atoms with van der Waals surface area (Å²) in [6.07, 6.45) is 14.8. The van der Waals surface area contributed by atoms with E-state index in [4.69, 9.17) is 23.2 Å². The average Bonchev–Trinajstić information content (AvgIpc) is 3.26. The summed E-state index contributed by atoms with van der Waals surface area (Å²) in [5.41, 5.74) is 1.03. The van der Waals surface area contributed by atoms with Crippen LogP contribution in [-0.4, -0.2) is 46.3 Å². The van der Waals surface area contributed by atoms with Crippen molar-refractivity contribution in [2.24, 2.45) is 0 Å². The van der Waals surface area contributed by atoms with E-state index in [1.165, 1.54) is 0 Å². The van der Waals surface area contributed by atoms with E-state index in [2.05, 4.69) is 0 Å². The number of aryl methyl sites for hydroxylation is 1. The molecule has 2 N–H and O–H groups in total. The number of benzene rings is 1. The lowest BCUT2D eigenvalue weighted by Gasteiger charge is -2.15. The number of carbonyl (C=O) groups is 1. The first-order chi connectivity index (χ1) is 14.5. The Bertz CT molecular complexity index is 755.